The summed E-state index contributed by atoms with van der Waals surface area (Å²) in [6.07, 6.45) is 3.53. The van der Waals surface area contributed by atoms with E-state index >= 15 is 0 Å². The quantitative estimate of drug-likeness (QED) is 0.552. The smallest absolute Gasteiger partial charge is 0.109 e. The molecule has 2 heterocycles. The molecule has 2 aromatic heterocycles. The van der Waals surface area contributed by atoms with Gasteiger partial charge in [-0.25, -0.2) is 4.98 Å². The van der Waals surface area contributed by atoms with Crippen molar-refractivity contribution in [3.8, 4) is 0 Å². The molecule has 3 nitrogen and oxygen atoms in total. The number of hydrogen-bond acceptors (Lipinski definition) is 2. The minimum atomic E-state index is 0.944. The number of aromatic nitrogens is 3. The van der Waals surface area contributed by atoms with Crippen LogP contribution >= 0.6 is 9.39 Å². The zero-order valence-electron chi connectivity index (χ0n) is 6.15. The number of hydrogen-bond donors (Lipinski definition) is 0. The fraction of sp³-hybridized carbons (Fsp3) is 0.143. The van der Waals surface area contributed by atoms with E-state index in [1.54, 1.807) is 12.4 Å². The van der Waals surface area contributed by atoms with Crippen molar-refractivity contribution < 1.29 is 0 Å². The third kappa shape index (κ3) is 0.925. The van der Waals surface area contributed by atoms with Gasteiger partial charge in [-0.15, -0.1) is 0 Å². The van der Waals surface area contributed by atoms with Crippen LogP contribution in [0.2, 0.25) is 0 Å². The number of aryl methyl sites for hydroxylation is 1. The molecule has 0 fully saturated rings. The predicted octanol–water partition coefficient (Wildman–Crippen LogP) is 1.38. The summed E-state index contributed by atoms with van der Waals surface area (Å²) in [5.74, 6) is 0.984. The SMILES string of the molecule is Cc1nc2cnccc2n1P. The number of imidazole rings is 1. The normalized spacial score (nSPS) is 10.7. The highest BCUT2D eigenvalue weighted by Crippen LogP contribution is 2.15. The van der Waals surface area contributed by atoms with E-state index in [9.17, 15) is 0 Å². The van der Waals surface area contributed by atoms with E-state index in [0.717, 1.165) is 16.9 Å². The lowest BCUT2D eigenvalue weighted by molar-refractivity contribution is 1.12. The van der Waals surface area contributed by atoms with Crippen LogP contribution in [0.3, 0.4) is 0 Å². The first kappa shape index (κ1) is 6.74. The van der Waals surface area contributed by atoms with E-state index in [0.29, 0.717) is 0 Å². The number of fused-ring (bicyclic) bond motifs is 1. The summed E-state index contributed by atoms with van der Waals surface area (Å²) >= 11 is 0. The molecular formula is C7H8N3P. The maximum atomic E-state index is 4.29. The summed E-state index contributed by atoms with van der Waals surface area (Å²) in [5, 5.41) is 0. The van der Waals surface area contributed by atoms with Crippen LogP contribution in [0.15, 0.2) is 18.5 Å². The largest absolute Gasteiger partial charge is 0.312 e. The Hall–Kier alpha value is -0.950. The molecule has 0 aliphatic carbocycles. The van der Waals surface area contributed by atoms with E-state index in [-0.39, 0.29) is 0 Å². The summed E-state index contributed by atoms with van der Waals surface area (Å²) in [4.78, 5) is 8.27. The first-order valence-corrected chi connectivity index (χ1v) is 3.85. The molecule has 0 aliphatic heterocycles. The molecule has 0 bridgehead atoms. The van der Waals surface area contributed by atoms with Crippen LogP contribution in [0.1, 0.15) is 5.82 Å². The first-order valence-electron chi connectivity index (χ1n) is 3.33. The van der Waals surface area contributed by atoms with Gasteiger partial charge in [-0.3, -0.25) is 4.98 Å². The van der Waals surface area contributed by atoms with E-state index in [2.05, 4.69) is 19.4 Å². The van der Waals surface area contributed by atoms with Crippen molar-refractivity contribution in [2.45, 2.75) is 6.92 Å². The Morgan fingerprint density at radius 3 is 3.09 bits per heavy atom. The molecule has 0 N–H and O–H groups in total. The van der Waals surface area contributed by atoms with Gasteiger partial charge in [0.2, 0.25) is 0 Å². The standard InChI is InChI=1S/C7H8N3P/c1-5-9-6-4-8-3-2-7(6)10(5)11/h2-4H,11H2,1H3. The van der Waals surface area contributed by atoms with E-state index in [4.69, 9.17) is 0 Å². The Bertz CT molecular complexity index is 393. The molecule has 2 rings (SSSR count). The highest BCUT2D eigenvalue weighted by atomic mass is 31.0. The van der Waals surface area contributed by atoms with Gasteiger partial charge in [0.1, 0.15) is 11.3 Å². The zero-order valence-corrected chi connectivity index (χ0v) is 7.31. The number of rotatable bonds is 0. The minimum Gasteiger partial charge on any atom is -0.312 e. The Morgan fingerprint density at radius 1 is 1.55 bits per heavy atom. The van der Waals surface area contributed by atoms with Gasteiger partial charge in [-0.2, -0.15) is 0 Å². The Morgan fingerprint density at radius 2 is 2.36 bits per heavy atom. The van der Waals surface area contributed by atoms with E-state index in [1.807, 2.05) is 17.3 Å². The maximum Gasteiger partial charge on any atom is 0.109 e. The Labute approximate surface area is 66.7 Å². The predicted molar refractivity (Wildman–Crippen MR) is 47.4 cm³/mol. The number of nitrogens with zero attached hydrogens (tertiary/aromatic N) is 3. The summed E-state index contributed by atoms with van der Waals surface area (Å²) in [6.45, 7) is 1.97. The average molecular weight is 165 g/mol. The van der Waals surface area contributed by atoms with Gasteiger partial charge in [-0.1, -0.05) is 0 Å². The van der Waals surface area contributed by atoms with Gasteiger partial charge in [0.05, 0.1) is 11.7 Å². The monoisotopic (exact) mass is 165 g/mol. The average Bonchev–Trinajstić information content (AvgIpc) is 2.30. The van der Waals surface area contributed by atoms with Gasteiger partial charge in [-0.05, 0) is 22.4 Å². The van der Waals surface area contributed by atoms with Crippen molar-refractivity contribution in [2.24, 2.45) is 0 Å². The van der Waals surface area contributed by atoms with E-state index in [1.165, 1.54) is 0 Å². The highest BCUT2D eigenvalue weighted by molar-refractivity contribution is 7.15. The molecular weight excluding hydrogens is 157 g/mol. The molecule has 56 valence electrons. The second-order valence-electron chi connectivity index (χ2n) is 2.39. The minimum absolute atomic E-state index is 0.944. The third-order valence-electron chi connectivity index (χ3n) is 1.67. The van der Waals surface area contributed by atoms with Gasteiger partial charge in [0.25, 0.3) is 0 Å². The molecule has 0 radical (unpaired) electrons. The molecule has 2 aromatic rings. The molecule has 0 spiro atoms. The first-order chi connectivity index (χ1) is 5.29. The highest BCUT2D eigenvalue weighted by Gasteiger charge is 2.01. The fourth-order valence-electron chi connectivity index (χ4n) is 1.07. The molecule has 0 amide bonds. The van der Waals surface area contributed by atoms with Crippen molar-refractivity contribution in [3.63, 3.8) is 0 Å². The van der Waals surface area contributed by atoms with Crippen molar-refractivity contribution in [1.29, 1.82) is 0 Å². The maximum absolute atomic E-state index is 4.29. The Kier molecular flexibility index (Phi) is 1.40. The van der Waals surface area contributed by atoms with Gasteiger partial charge < -0.3 is 4.34 Å². The van der Waals surface area contributed by atoms with Crippen LogP contribution in [0.4, 0.5) is 0 Å². The zero-order chi connectivity index (χ0) is 7.84. The van der Waals surface area contributed by atoms with Crippen LogP contribution in [0.5, 0.6) is 0 Å². The van der Waals surface area contributed by atoms with Gasteiger partial charge in [0, 0.05) is 6.20 Å². The van der Waals surface area contributed by atoms with Crippen molar-refractivity contribution in [3.05, 3.63) is 24.3 Å². The molecule has 1 unspecified atom stereocenters. The van der Waals surface area contributed by atoms with Crippen LogP contribution < -0.4 is 0 Å². The molecule has 11 heavy (non-hydrogen) atoms. The molecule has 0 aromatic carbocycles. The Balaban J connectivity index is 2.92. The van der Waals surface area contributed by atoms with Gasteiger partial charge >= 0.3 is 0 Å². The van der Waals surface area contributed by atoms with Crippen LogP contribution in [0, 0.1) is 6.92 Å². The third-order valence-corrected chi connectivity index (χ3v) is 2.32. The molecule has 0 saturated carbocycles. The fourth-order valence-corrected chi connectivity index (χ4v) is 1.35. The lowest BCUT2D eigenvalue weighted by Gasteiger charge is -1.93. The van der Waals surface area contributed by atoms with Gasteiger partial charge in [0.15, 0.2) is 0 Å². The summed E-state index contributed by atoms with van der Waals surface area (Å²) < 4.78 is 1.97. The summed E-state index contributed by atoms with van der Waals surface area (Å²) in [5.41, 5.74) is 2.04. The van der Waals surface area contributed by atoms with Crippen molar-refractivity contribution in [1.82, 2.24) is 14.3 Å². The molecule has 0 saturated heterocycles. The van der Waals surface area contributed by atoms with E-state index < -0.39 is 0 Å². The summed E-state index contributed by atoms with van der Waals surface area (Å²) in [6, 6.07) is 1.95. The summed E-state index contributed by atoms with van der Waals surface area (Å²) in [7, 11) is 2.61. The van der Waals surface area contributed by atoms with Crippen LogP contribution in [0.25, 0.3) is 11.0 Å². The van der Waals surface area contributed by atoms with Crippen LogP contribution in [-0.2, 0) is 0 Å². The molecule has 4 heteroatoms. The lowest BCUT2D eigenvalue weighted by Crippen LogP contribution is -1.80. The second-order valence-corrected chi connectivity index (χ2v) is 2.91. The van der Waals surface area contributed by atoms with Crippen molar-refractivity contribution >= 4 is 20.4 Å². The second kappa shape index (κ2) is 2.28. The van der Waals surface area contributed by atoms with Crippen molar-refractivity contribution in [2.75, 3.05) is 0 Å². The lowest BCUT2D eigenvalue weighted by atomic mass is 10.4. The van der Waals surface area contributed by atoms with Crippen LogP contribution in [-0.4, -0.2) is 14.3 Å². The number of pyridine rings is 1. The topological polar surface area (TPSA) is 30.7 Å². The molecule has 0 aliphatic rings. The molecule has 1 atom stereocenters.